The third-order valence-corrected chi connectivity index (χ3v) is 3.72. The first kappa shape index (κ1) is 13.4. The summed E-state index contributed by atoms with van der Waals surface area (Å²) in [7, 11) is -3.39. The number of hydrogen-bond donors (Lipinski definition) is 3. The molecule has 5 N–H and O–H groups in total. The monoisotopic (exact) mass is 249 g/mol. The molecule has 6 nitrogen and oxygen atoms in total. The van der Waals surface area contributed by atoms with Crippen molar-refractivity contribution >= 4 is 15.9 Å². The summed E-state index contributed by atoms with van der Waals surface area (Å²) in [5, 5.41) is 8.01. The number of carbonyl (C=O) groups is 1. The second-order valence-corrected chi connectivity index (χ2v) is 6.01. The van der Waals surface area contributed by atoms with Crippen LogP contribution in [0.25, 0.3) is 0 Å². The Kier molecular flexibility index (Phi) is 4.69. The molecule has 7 heteroatoms. The first-order valence-electron chi connectivity index (χ1n) is 5.41. The Balaban J connectivity index is 2.20. The van der Waals surface area contributed by atoms with Crippen LogP contribution in [0.15, 0.2) is 0 Å². The second kappa shape index (κ2) is 5.60. The number of nitrogens with one attached hydrogen (secondary N) is 1. The molecule has 94 valence electrons. The SMILES string of the molecule is NC(=O)C1CCC(NCCS(N)(=O)=O)CC1. The number of primary sulfonamides is 1. The van der Waals surface area contributed by atoms with Gasteiger partial charge in [-0.3, -0.25) is 4.79 Å². The summed E-state index contributed by atoms with van der Waals surface area (Å²) < 4.78 is 21.4. The number of sulfonamides is 1. The van der Waals surface area contributed by atoms with E-state index in [0.29, 0.717) is 6.54 Å². The molecule has 0 aromatic heterocycles. The zero-order chi connectivity index (χ0) is 12.2. The van der Waals surface area contributed by atoms with Crippen molar-refractivity contribution in [1.29, 1.82) is 0 Å². The molecule has 0 aromatic carbocycles. The number of amides is 1. The van der Waals surface area contributed by atoms with E-state index in [1.54, 1.807) is 0 Å². The van der Waals surface area contributed by atoms with Crippen molar-refractivity contribution in [3.63, 3.8) is 0 Å². The van der Waals surface area contributed by atoms with Crippen molar-refractivity contribution in [2.24, 2.45) is 16.8 Å². The molecule has 1 rings (SSSR count). The van der Waals surface area contributed by atoms with E-state index >= 15 is 0 Å². The number of primary amides is 1. The van der Waals surface area contributed by atoms with Crippen LogP contribution in [-0.2, 0) is 14.8 Å². The number of carbonyl (C=O) groups excluding carboxylic acids is 1. The number of hydrogen-bond acceptors (Lipinski definition) is 4. The average Bonchev–Trinajstić information content (AvgIpc) is 2.16. The summed E-state index contributed by atoms with van der Waals surface area (Å²) in [4.78, 5) is 10.9. The minimum atomic E-state index is -3.39. The van der Waals surface area contributed by atoms with E-state index in [1.807, 2.05) is 0 Å². The lowest BCUT2D eigenvalue weighted by Gasteiger charge is -2.27. The lowest BCUT2D eigenvalue weighted by atomic mass is 9.86. The van der Waals surface area contributed by atoms with Crippen LogP contribution in [0.1, 0.15) is 25.7 Å². The van der Waals surface area contributed by atoms with E-state index in [0.717, 1.165) is 25.7 Å². The highest BCUT2D eigenvalue weighted by atomic mass is 32.2. The fourth-order valence-corrected chi connectivity index (χ4v) is 2.39. The Labute approximate surface area is 95.8 Å². The Morgan fingerprint density at radius 3 is 2.25 bits per heavy atom. The molecule has 0 aliphatic heterocycles. The maximum atomic E-state index is 10.9. The summed E-state index contributed by atoms with van der Waals surface area (Å²) >= 11 is 0. The lowest BCUT2D eigenvalue weighted by molar-refractivity contribution is -0.122. The molecule has 1 amide bonds. The van der Waals surface area contributed by atoms with Crippen molar-refractivity contribution in [2.45, 2.75) is 31.7 Å². The predicted molar refractivity (Wildman–Crippen MR) is 60.9 cm³/mol. The van der Waals surface area contributed by atoms with E-state index in [2.05, 4.69) is 5.32 Å². The third kappa shape index (κ3) is 4.91. The van der Waals surface area contributed by atoms with Gasteiger partial charge >= 0.3 is 0 Å². The van der Waals surface area contributed by atoms with Crippen LogP contribution < -0.4 is 16.2 Å². The van der Waals surface area contributed by atoms with E-state index in [9.17, 15) is 13.2 Å². The molecule has 0 spiro atoms. The summed E-state index contributed by atoms with van der Waals surface area (Å²) in [5.74, 6) is -0.303. The van der Waals surface area contributed by atoms with Crippen LogP contribution >= 0.6 is 0 Å². The predicted octanol–water partition coefficient (Wildman–Crippen LogP) is -1.09. The number of rotatable bonds is 5. The van der Waals surface area contributed by atoms with Gasteiger partial charge in [0.2, 0.25) is 15.9 Å². The van der Waals surface area contributed by atoms with Crippen molar-refractivity contribution < 1.29 is 13.2 Å². The fraction of sp³-hybridized carbons (Fsp3) is 0.889. The average molecular weight is 249 g/mol. The molecule has 0 bridgehead atoms. The fourth-order valence-electron chi connectivity index (χ4n) is 1.99. The van der Waals surface area contributed by atoms with Crippen molar-refractivity contribution in [2.75, 3.05) is 12.3 Å². The minimum Gasteiger partial charge on any atom is -0.369 e. The molecule has 0 radical (unpaired) electrons. The highest BCUT2D eigenvalue weighted by Crippen LogP contribution is 2.23. The quantitative estimate of drug-likeness (QED) is 0.574. The van der Waals surface area contributed by atoms with E-state index in [-0.39, 0.29) is 23.6 Å². The van der Waals surface area contributed by atoms with Crippen LogP contribution in [0.4, 0.5) is 0 Å². The zero-order valence-electron chi connectivity index (χ0n) is 9.19. The van der Waals surface area contributed by atoms with E-state index < -0.39 is 10.0 Å². The topological polar surface area (TPSA) is 115 Å². The van der Waals surface area contributed by atoms with Gasteiger partial charge in [-0.2, -0.15) is 0 Å². The molecule has 0 saturated heterocycles. The van der Waals surface area contributed by atoms with Gasteiger partial charge in [-0.15, -0.1) is 0 Å². The molecule has 1 fully saturated rings. The highest BCUT2D eigenvalue weighted by Gasteiger charge is 2.24. The second-order valence-electron chi connectivity index (χ2n) is 4.27. The Hall–Kier alpha value is -0.660. The third-order valence-electron chi connectivity index (χ3n) is 2.95. The molecule has 1 aliphatic carbocycles. The zero-order valence-corrected chi connectivity index (χ0v) is 10.0. The van der Waals surface area contributed by atoms with Gasteiger partial charge in [-0.1, -0.05) is 0 Å². The van der Waals surface area contributed by atoms with Gasteiger partial charge in [-0.05, 0) is 25.7 Å². The van der Waals surface area contributed by atoms with Crippen molar-refractivity contribution in [3.05, 3.63) is 0 Å². The molecule has 0 heterocycles. The normalized spacial score (nSPS) is 26.6. The Bertz CT molecular complexity index is 334. The van der Waals surface area contributed by atoms with Crippen LogP contribution in [0.2, 0.25) is 0 Å². The summed E-state index contributed by atoms with van der Waals surface area (Å²) in [6.07, 6.45) is 3.28. The molecular weight excluding hydrogens is 230 g/mol. The first-order valence-corrected chi connectivity index (χ1v) is 7.13. The molecule has 1 aliphatic rings. The highest BCUT2D eigenvalue weighted by molar-refractivity contribution is 7.89. The maximum absolute atomic E-state index is 10.9. The van der Waals surface area contributed by atoms with Crippen LogP contribution in [-0.4, -0.2) is 32.7 Å². The lowest BCUT2D eigenvalue weighted by Crippen LogP contribution is -2.39. The minimum absolute atomic E-state index is 0.0173. The Morgan fingerprint density at radius 1 is 1.25 bits per heavy atom. The standard InChI is InChI=1S/C9H19N3O3S/c10-9(13)7-1-3-8(4-2-7)12-5-6-16(11,14)15/h7-8,12H,1-6H2,(H2,10,13)(H2,11,14,15). The Morgan fingerprint density at radius 2 is 1.81 bits per heavy atom. The van der Waals surface area contributed by atoms with Gasteiger partial charge in [0.05, 0.1) is 5.75 Å². The van der Waals surface area contributed by atoms with Crippen molar-refractivity contribution in [1.82, 2.24) is 5.32 Å². The summed E-state index contributed by atoms with van der Waals surface area (Å²) in [5.41, 5.74) is 5.21. The maximum Gasteiger partial charge on any atom is 0.220 e. The van der Waals surface area contributed by atoms with Gasteiger partial charge in [0.15, 0.2) is 0 Å². The first-order chi connectivity index (χ1) is 7.38. The van der Waals surface area contributed by atoms with E-state index in [1.165, 1.54) is 0 Å². The van der Waals surface area contributed by atoms with E-state index in [4.69, 9.17) is 10.9 Å². The van der Waals surface area contributed by atoms with Gasteiger partial charge in [-0.25, -0.2) is 13.6 Å². The smallest absolute Gasteiger partial charge is 0.220 e. The molecule has 0 aromatic rings. The molecule has 0 unspecified atom stereocenters. The van der Waals surface area contributed by atoms with Crippen LogP contribution in [0.3, 0.4) is 0 Å². The van der Waals surface area contributed by atoms with Gasteiger partial charge in [0, 0.05) is 18.5 Å². The number of nitrogens with two attached hydrogens (primary N) is 2. The van der Waals surface area contributed by atoms with Crippen LogP contribution in [0, 0.1) is 5.92 Å². The largest absolute Gasteiger partial charge is 0.369 e. The summed E-state index contributed by atoms with van der Waals surface area (Å²) in [6, 6.07) is 0.275. The van der Waals surface area contributed by atoms with Gasteiger partial charge in [0.1, 0.15) is 0 Å². The van der Waals surface area contributed by atoms with Crippen molar-refractivity contribution in [3.8, 4) is 0 Å². The van der Waals surface area contributed by atoms with Gasteiger partial charge in [0.25, 0.3) is 0 Å². The molecule has 1 saturated carbocycles. The molecular formula is C9H19N3O3S. The molecule has 16 heavy (non-hydrogen) atoms. The van der Waals surface area contributed by atoms with Crippen LogP contribution in [0.5, 0.6) is 0 Å². The van der Waals surface area contributed by atoms with Gasteiger partial charge < -0.3 is 11.1 Å². The summed E-state index contributed by atoms with van der Waals surface area (Å²) in [6.45, 7) is 0.366. The molecule has 0 atom stereocenters.